The summed E-state index contributed by atoms with van der Waals surface area (Å²) in [5, 5.41) is 5.87. The zero-order chi connectivity index (χ0) is 21.5. The highest BCUT2D eigenvalue weighted by Crippen LogP contribution is 2.30. The first-order chi connectivity index (χ1) is 15.0. The van der Waals surface area contributed by atoms with Crippen molar-refractivity contribution in [3.05, 3.63) is 34.9 Å². The third-order valence-corrected chi connectivity index (χ3v) is 7.12. The predicted molar refractivity (Wildman–Crippen MR) is 112 cm³/mol. The maximum absolute atomic E-state index is 13.1. The van der Waals surface area contributed by atoms with E-state index in [9.17, 15) is 19.2 Å². The second-order valence-corrected chi connectivity index (χ2v) is 9.06. The maximum Gasteiger partial charge on any atom is 0.262 e. The lowest BCUT2D eigenvalue weighted by molar-refractivity contribution is -0.136. The van der Waals surface area contributed by atoms with Gasteiger partial charge in [-0.05, 0) is 62.9 Å². The number of hydrogen-bond acceptors (Lipinski definition) is 6. The molecule has 5 rings (SSSR count). The lowest BCUT2D eigenvalue weighted by atomic mass is 9.93. The molecule has 0 bridgehead atoms. The van der Waals surface area contributed by atoms with E-state index < -0.39 is 23.8 Å². The van der Waals surface area contributed by atoms with E-state index in [0.29, 0.717) is 23.2 Å². The Labute approximate surface area is 181 Å². The van der Waals surface area contributed by atoms with Gasteiger partial charge in [-0.2, -0.15) is 0 Å². The lowest BCUT2D eigenvalue weighted by Crippen LogP contribution is -2.54. The third-order valence-electron chi connectivity index (χ3n) is 7.12. The Hall–Kier alpha value is -2.58. The Bertz CT molecular complexity index is 940. The van der Waals surface area contributed by atoms with Crippen molar-refractivity contribution in [2.75, 3.05) is 13.1 Å². The van der Waals surface area contributed by atoms with Crippen LogP contribution in [0.5, 0.6) is 0 Å². The molecule has 31 heavy (non-hydrogen) atoms. The van der Waals surface area contributed by atoms with Crippen molar-refractivity contribution in [1.29, 1.82) is 0 Å². The van der Waals surface area contributed by atoms with Crippen molar-refractivity contribution in [3.8, 4) is 0 Å². The maximum atomic E-state index is 13.1. The van der Waals surface area contributed by atoms with Crippen LogP contribution in [0.2, 0.25) is 0 Å². The van der Waals surface area contributed by atoms with E-state index in [1.807, 2.05) is 12.1 Å². The average molecular weight is 425 g/mol. The van der Waals surface area contributed by atoms with Gasteiger partial charge >= 0.3 is 0 Å². The Morgan fingerprint density at radius 1 is 0.935 bits per heavy atom. The normalized spacial score (nSPS) is 29.4. The van der Waals surface area contributed by atoms with Crippen LogP contribution in [0.3, 0.4) is 0 Å². The Balaban J connectivity index is 1.35. The van der Waals surface area contributed by atoms with Gasteiger partial charge in [-0.25, -0.2) is 0 Å². The fourth-order valence-electron chi connectivity index (χ4n) is 5.56. The molecule has 0 radical (unpaired) electrons. The van der Waals surface area contributed by atoms with Crippen molar-refractivity contribution >= 4 is 23.6 Å². The van der Waals surface area contributed by atoms with Crippen molar-refractivity contribution in [2.24, 2.45) is 0 Å². The molecule has 8 heteroatoms. The van der Waals surface area contributed by atoms with Crippen LogP contribution in [0.4, 0.5) is 0 Å². The topological polar surface area (TPSA) is 98.8 Å². The van der Waals surface area contributed by atoms with Crippen LogP contribution in [0, 0.1) is 0 Å². The first kappa shape index (κ1) is 20.3. The second-order valence-electron chi connectivity index (χ2n) is 9.06. The largest absolute Gasteiger partial charge is 0.312 e. The first-order valence-electron chi connectivity index (χ1n) is 11.3. The van der Waals surface area contributed by atoms with Gasteiger partial charge in [0, 0.05) is 25.0 Å². The summed E-state index contributed by atoms with van der Waals surface area (Å²) in [5.41, 5.74) is 1.71. The highest BCUT2D eigenvalue weighted by molar-refractivity contribution is 6.23. The summed E-state index contributed by atoms with van der Waals surface area (Å²) in [5.74, 6) is -1.84. The molecule has 3 saturated heterocycles. The summed E-state index contributed by atoms with van der Waals surface area (Å²) in [7, 11) is 0. The molecule has 164 valence electrons. The summed E-state index contributed by atoms with van der Waals surface area (Å²) in [6, 6.07) is 5.56. The van der Waals surface area contributed by atoms with Crippen LogP contribution in [0.25, 0.3) is 0 Å². The van der Waals surface area contributed by atoms with Gasteiger partial charge in [-0.3, -0.25) is 34.3 Å². The molecule has 4 aliphatic heterocycles. The number of amides is 4. The van der Waals surface area contributed by atoms with Crippen molar-refractivity contribution in [2.45, 2.75) is 69.6 Å². The van der Waals surface area contributed by atoms with E-state index in [1.165, 1.54) is 32.1 Å². The molecule has 4 heterocycles. The molecule has 0 aliphatic carbocycles. The fourth-order valence-corrected chi connectivity index (χ4v) is 5.56. The summed E-state index contributed by atoms with van der Waals surface area (Å²) in [6.07, 6.45) is 6.34. The van der Waals surface area contributed by atoms with Crippen molar-refractivity contribution < 1.29 is 19.2 Å². The van der Waals surface area contributed by atoms with E-state index in [1.54, 1.807) is 6.07 Å². The third kappa shape index (κ3) is 3.68. The van der Waals surface area contributed by atoms with Crippen LogP contribution in [0.15, 0.2) is 18.2 Å². The number of nitrogens with one attached hydrogen (secondary N) is 2. The van der Waals surface area contributed by atoms with Gasteiger partial charge in [0.15, 0.2) is 0 Å². The van der Waals surface area contributed by atoms with Crippen LogP contribution in [0.1, 0.15) is 71.2 Å². The van der Waals surface area contributed by atoms with Gasteiger partial charge in [0.2, 0.25) is 11.8 Å². The van der Waals surface area contributed by atoms with Crippen LogP contribution < -0.4 is 10.6 Å². The number of hydrogen-bond donors (Lipinski definition) is 2. The van der Waals surface area contributed by atoms with E-state index >= 15 is 0 Å². The molecule has 3 atom stereocenters. The smallest absolute Gasteiger partial charge is 0.262 e. The molecule has 3 unspecified atom stereocenters. The van der Waals surface area contributed by atoms with Gasteiger partial charge in [0.05, 0.1) is 11.1 Å². The minimum atomic E-state index is -0.923. The van der Waals surface area contributed by atoms with Crippen molar-refractivity contribution in [1.82, 2.24) is 20.4 Å². The Kier molecular flexibility index (Phi) is 5.35. The quantitative estimate of drug-likeness (QED) is 0.705. The number of carbonyl (C=O) groups excluding carboxylic acids is 4. The van der Waals surface area contributed by atoms with E-state index in [2.05, 4.69) is 15.5 Å². The Morgan fingerprint density at radius 2 is 1.77 bits per heavy atom. The molecule has 0 saturated carbocycles. The van der Waals surface area contributed by atoms with E-state index in [4.69, 9.17) is 0 Å². The minimum Gasteiger partial charge on any atom is -0.312 e. The second kappa shape index (κ2) is 8.16. The van der Waals surface area contributed by atoms with E-state index in [-0.39, 0.29) is 18.7 Å². The molecule has 2 N–H and O–H groups in total. The number of benzene rings is 1. The number of rotatable bonds is 4. The average Bonchev–Trinajstić information content (AvgIpc) is 3.37. The SMILES string of the molecule is O=C1CCC(N2C(=O)c3ccc(CN4CCCCC4C4CCCN4)cc3C2=O)C(=O)N1. The number of imide groups is 2. The number of nitrogens with zero attached hydrogens (tertiary/aromatic N) is 2. The van der Waals surface area contributed by atoms with Gasteiger partial charge in [0.1, 0.15) is 6.04 Å². The highest BCUT2D eigenvalue weighted by Gasteiger charge is 2.44. The van der Waals surface area contributed by atoms with Crippen LogP contribution in [-0.2, 0) is 16.1 Å². The molecule has 1 aromatic rings. The molecule has 0 aromatic heterocycles. The zero-order valence-electron chi connectivity index (χ0n) is 17.6. The molecule has 4 amide bonds. The van der Waals surface area contributed by atoms with Gasteiger partial charge in [0.25, 0.3) is 11.8 Å². The summed E-state index contributed by atoms with van der Waals surface area (Å²) < 4.78 is 0. The van der Waals surface area contributed by atoms with Crippen molar-refractivity contribution in [3.63, 3.8) is 0 Å². The molecular formula is C23H28N4O4. The van der Waals surface area contributed by atoms with E-state index in [0.717, 1.165) is 30.1 Å². The first-order valence-corrected chi connectivity index (χ1v) is 11.3. The predicted octanol–water partition coefficient (Wildman–Crippen LogP) is 1.19. The van der Waals surface area contributed by atoms with Gasteiger partial charge < -0.3 is 5.32 Å². The van der Waals surface area contributed by atoms with Crippen LogP contribution >= 0.6 is 0 Å². The summed E-state index contributed by atoms with van der Waals surface area (Å²) in [4.78, 5) is 53.2. The van der Waals surface area contributed by atoms with Crippen LogP contribution in [-0.4, -0.2) is 64.6 Å². The summed E-state index contributed by atoms with van der Waals surface area (Å²) >= 11 is 0. The lowest BCUT2D eigenvalue weighted by Gasteiger charge is -2.39. The zero-order valence-corrected chi connectivity index (χ0v) is 17.6. The molecule has 1 aromatic carbocycles. The monoisotopic (exact) mass is 424 g/mol. The molecular weight excluding hydrogens is 396 g/mol. The molecule has 4 aliphatic rings. The minimum absolute atomic E-state index is 0.126. The molecule has 0 spiro atoms. The molecule has 8 nitrogen and oxygen atoms in total. The summed E-state index contributed by atoms with van der Waals surface area (Å²) in [6.45, 7) is 2.87. The number of likely N-dealkylation sites (tertiary alicyclic amines) is 1. The Morgan fingerprint density at radius 3 is 2.55 bits per heavy atom. The molecule has 3 fully saturated rings. The van der Waals surface area contributed by atoms with Gasteiger partial charge in [-0.15, -0.1) is 0 Å². The number of fused-ring (bicyclic) bond motifs is 1. The number of piperidine rings is 2. The highest BCUT2D eigenvalue weighted by atomic mass is 16.2. The standard InChI is InChI=1S/C23H28N4O4/c28-20-9-8-19(21(29)25-20)27-22(30)15-7-6-14(12-16(15)23(27)31)13-26-11-2-1-5-18(26)17-4-3-10-24-17/h6-7,12,17-19,24H,1-5,8-11,13H2,(H,25,28,29). The van der Waals surface area contributed by atoms with Gasteiger partial charge in [-0.1, -0.05) is 12.5 Å². The number of carbonyl (C=O) groups is 4. The fraction of sp³-hybridized carbons (Fsp3) is 0.565.